The van der Waals surface area contributed by atoms with Crippen LogP contribution in [0.4, 0.5) is 4.79 Å². The molecule has 5 nitrogen and oxygen atoms in total. The van der Waals surface area contributed by atoms with Crippen molar-refractivity contribution in [2.75, 3.05) is 6.61 Å². The van der Waals surface area contributed by atoms with E-state index >= 15 is 0 Å². The van der Waals surface area contributed by atoms with Crippen molar-refractivity contribution in [2.45, 2.75) is 31.2 Å². The van der Waals surface area contributed by atoms with Gasteiger partial charge in [0, 0.05) is 6.04 Å². The normalized spacial score (nSPS) is 23.8. The summed E-state index contributed by atoms with van der Waals surface area (Å²) in [6.45, 7) is 5.53. The van der Waals surface area contributed by atoms with Crippen LogP contribution < -0.4 is 5.32 Å². The smallest absolute Gasteiger partial charge is 0.407 e. The van der Waals surface area contributed by atoms with Crippen LogP contribution in [0.15, 0.2) is 36.9 Å². The van der Waals surface area contributed by atoms with Gasteiger partial charge in [-0.3, -0.25) is 4.79 Å². The first kappa shape index (κ1) is 15.1. The summed E-state index contributed by atoms with van der Waals surface area (Å²) in [5.41, 5.74) is 0.894. The number of hydrogen-bond donors (Lipinski definition) is 2. The quantitative estimate of drug-likeness (QED) is 0.816. The van der Waals surface area contributed by atoms with Crippen LogP contribution in [0.25, 0.3) is 0 Å². The molecule has 1 aliphatic rings. The van der Waals surface area contributed by atoms with E-state index in [9.17, 15) is 14.7 Å². The van der Waals surface area contributed by atoms with Gasteiger partial charge in [-0.05, 0) is 25.3 Å². The Morgan fingerprint density at radius 1 is 1.52 bits per heavy atom. The van der Waals surface area contributed by atoms with E-state index in [0.29, 0.717) is 12.8 Å². The van der Waals surface area contributed by atoms with Gasteiger partial charge in [-0.25, -0.2) is 4.79 Å². The van der Waals surface area contributed by atoms with Gasteiger partial charge in [0.15, 0.2) is 0 Å². The second-order valence-corrected chi connectivity index (χ2v) is 5.39. The molecule has 0 heterocycles. The number of hydrogen-bond acceptors (Lipinski definition) is 3. The molecule has 0 aliphatic heterocycles. The topological polar surface area (TPSA) is 75.6 Å². The number of carboxylic acid groups (broad SMARTS) is 1. The second kappa shape index (κ2) is 5.99. The highest BCUT2D eigenvalue weighted by Crippen LogP contribution is 2.44. The largest absolute Gasteiger partial charge is 0.481 e. The highest BCUT2D eigenvalue weighted by atomic mass is 16.5. The molecule has 1 aliphatic carbocycles. The van der Waals surface area contributed by atoms with Gasteiger partial charge in [0.05, 0.1) is 5.41 Å². The Morgan fingerprint density at radius 2 is 2.24 bits per heavy atom. The molecule has 1 aromatic carbocycles. The lowest BCUT2D eigenvalue weighted by Gasteiger charge is -2.44. The molecule has 0 atom stereocenters. The number of carbonyl (C=O) groups is 2. The first-order chi connectivity index (χ1) is 9.98. The van der Waals surface area contributed by atoms with Gasteiger partial charge in [-0.15, -0.1) is 0 Å². The van der Waals surface area contributed by atoms with Gasteiger partial charge in [0.2, 0.25) is 0 Å². The first-order valence-electron chi connectivity index (χ1n) is 6.82. The van der Waals surface area contributed by atoms with E-state index in [1.165, 1.54) is 6.08 Å². The third-order valence-electron chi connectivity index (χ3n) is 3.82. The number of aliphatic carboxylic acids is 1. The van der Waals surface area contributed by atoms with E-state index in [2.05, 4.69) is 11.9 Å². The molecule has 1 amide bonds. The summed E-state index contributed by atoms with van der Waals surface area (Å²) in [5.74, 6) is -0.856. The van der Waals surface area contributed by atoms with Crippen molar-refractivity contribution in [1.82, 2.24) is 5.32 Å². The Labute approximate surface area is 123 Å². The predicted octanol–water partition coefficient (Wildman–Crippen LogP) is 2.39. The van der Waals surface area contributed by atoms with Crippen molar-refractivity contribution in [2.24, 2.45) is 0 Å². The zero-order chi connectivity index (χ0) is 15.5. The molecule has 0 saturated heterocycles. The summed E-state index contributed by atoms with van der Waals surface area (Å²) in [7, 11) is 0. The van der Waals surface area contributed by atoms with Gasteiger partial charge in [-0.1, -0.05) is 42.5 Å². The van der Waals surface area contributed by atoms with Crippen LogP contribution in [-0.2, 0) is 14.9 Å². The lowest BCUT2D eigenvalue weighted by atomic mass is 9.61. The third kappa shape index (κ3) is 3.07. The Kier molecular flexibility index (Phi) is 4.31. The summed E-state index contributed by atoms with van der Waals surface area (Å²) >= 11 is 0. The molecular formula is C16H19NO4. The predicted molar refractivity (Wildman–Crippen MR) is 78.2 cm³/mol. The van der Waals surface area contributed by atoms with E-state index < -0.39 is 17.5 Å². The molecule has 0 bridgehead atoms. The molecule has 0 aromatic heterocycles. The molecule has 5 heteroatoms. The fourth-order valence-electron chi connectivity index (χ4n) is 2.70. The first-order valence-corrected chi connectivity index (χ1v) is 6.82. The number of aryl methyl sites for hydroxylation is 1. The summed E-state index contributed by atoms with van der Waals surface area (Å²) in [4.78, 5) is 23.1. The SMILES string of the molecule is C=CCOC(=O)NC1CC(C(=O)O)(c2cccc(C)c2)C1. The number of benzene rings is 1. The molecule has 0 spiro atoms. The third-order valence-corrected chi connectivity index (χ3v) is 3.82. The monoisotopic (exact) mass is 289 g/mol. The molecule has 0 unspecified atom stereocenters. The number of carbonyl (C=O) groups excluding carboxylic acids is 1. The Hall–Kier alpha value is -2.30. The van der Waals surface area contributed by atoms with E-state index in [0.717, 1.165) is 11.1 Å². The fraction of sp³-hybridized carbons (Fsp3) is 0.375. The van der Waals surface area contributed by atoms with Crippen molar-refractivity contribution >= 4 is 12.1 Å². The molecule has 2 N–H and O–H groups in total. The molecule has 1 fully saturated rings. The maximum absolute atomic E-state index is 11.7. The minimum atomic E-state index is -0.914. The zero-order valence-electron chi connectivity index (χ0n) is 12.0. The lowest BCUT2D eigenvalue weighted by molar-refractivity contribution is -0.148. The van der Waals surface area contributed by atoms with E-state index in [-0.39, 0.29) is 12.6 Å². The van der Waals surface area contributed by atoms with E-state index in [1.807, 2.05) is 31.2 Å². The number of amides is 1. The van der Waals surface area contributed by atoms with Crippen LogP contribution in [0.5, 0.6) is 0 Å². The van der Waals surface area contributed by atoms with Crippen LogP contribution in [0, 0.1) is 6.92 Å². The maximum atomic E-state index is 11.7. The zero-order valence-corrected chi connectivity index (χ0v) is 12.0. The minimum Gasteiger partial charge on any atom is -0.481 e. The molecule has 2 rings (SSSR count). The van der Waals surface area contributed by atoms with Gasteiger partial charge in [-0.2, -0.15) is 0 Å². The van der Waals surface area contributed by atoms with Crippen molar-refractivity contribution < 1.29 is 19.4 Å². The molecule has 21 heavy (non-hydrogen) atoms. The van der Waals surface area contributed by atoms with E-state index in [4.69, 9.17) is 4.74 Å². The van der Waals surface area contributed by atoms with Crippen molar-refractivity contribution in [3.63, 3.8) is 0 Å². The summed E-state index contributed by atoms with van der Waals surface area (Å²) in [5, 5.41) is 12.2. The Morgan fingerprint density at radius 3 is 2.81 bits per heavy atom. The highest BCUT2D eigenvalue weighted by Gasteiger charge is 2.52. The fourth-order valence-corrected chi connectivity index (χ4v) is 2.70. The van der Waals surface area contributed by atoms with Crippen LogP contribution in [-0.4, -0.2) is 29.8 Å². The average molecular weight is 289 g/mol. The number of alkyl carbamates (subject to hydrolysis) is 1. The molecule has 1 saturated carbocycles. The molecular weight excluding hydrogens is 270 g/mol. The van der Waals surface area contributed by atoms with Gasteiger partial charge in [0.1, 0.15) is 6.61 Å². The van der Waals surface area contributed by atoms with Crippen LogP contribution >= 0.6 is 0 Å². The Bertz CT molecular complexity index is 561. The van der Waals surface area contributed by atoms with Crippen LogP contribution in [0.2, 0.25) is 0 Å². The number of ether oxygens (including phenoxy) is 1. The Balaban J connectivity index is 2.04. The van der Waals surface area contributed by atoms with Crippen LogP contribution in [0.1, 0.15) is 24.0 Å². The summed E-state index contributed by atoms with van der Waals surface area (Å²) in [6.07, 6.45) is 1.68. The van der Waals surface area contributed by atoms with Crippen molar-refractivity contribution in [3.05, 3.63) is 48.0 Å². The highest BCUT2D eigenvalue weighted by molar-refractivity contribution is 5.83. The minimum absolute atomic E-state index is 0.139. The molecule has 0 radical (unpaired) electrons. The van der Waals surface area contributed by atoms with Crippen LogP contribution in [0.3, 0.4) is 0 Å². The molecule has 1 aromatic rings. The summed E-state index contributed by atoms with van der Waals surface area (Å²) in [6, 6.07) is 7.32. The molecule has 112 valence electrons. The van der Waals surface area contributed by atoms with Gasteiger partial charge < -0.3 is 15.2 Å². The van der Waals surface area contributed by atoms with Gasteiger partial charge >= 0.3 is 12.1 Å². The standard InChI is InChI=1S/C16H19NO4/c1-3-7-21-15(20)17-13-9-16(10-13,14(18)19)12-6-4-5-11(2)8-12/h3-6,8,13H,1,7,9-10H2,2H3,(H,17,20)(H,18,19). The number of rotatable bonds is 5. The lowest BCUT2D eigenvalue weighted by Crippen LogP contribution is -2.57. The van der Waals surface area contributed by atoms with Crippen molar-refractivity contribution in [1.29, 1.82) is 0 Å². The van der Waals surface area contributed by atoms with Gasteiger partial charge in [0.25, 0.3) is 0 Å². The number of carboxylic acids is 1. The van der Waals surface area contributed by atoms with Crippen molar-refractivity contribution in [3.8, 4) is 0 Å². The second-order valence-electron chi connectivity index (χ2n) is 5.39. The summed E-state index contributed by atoms with van der Waals surface area (Å²) < 4.78 is 4.84. The average Bonchev–Trinajstić information content (AvgIpc) is 2.39. The van der Waals surface area contributed by atoms with E-state index in [1.54, 1.807) is 0 Å². The maximum Gasteiger partial charge on any atom is 0.407 e. The number of nitrogens with one attached hydrogen (secondary N) is 1.